The standard InChI is InChI=1S/C15H19ClN2/c1-4-6-17-14-8-11(5-2)18-15-9-13(16)10(3)7-12(14)15/h7-9H,4-6H2,1-3H3,(H,17,18). The van der Waals surface area contributed by atoms with Crippen LogP contribution in [-0.4, -0.2) is 11.5 Å². The molecule has 0 bridgehead atoms. The smallest absolute Gasteiger partial charge is 0.0741 e. The maximum atomic E-state index is 6.18. The van der Waals surface area contributed by atoms with Crippen LogP contribution >= 0.6 is 11.6 Å². The van der Waals surface area contributed by atoms with Gasteiger partial charge in [-0.05, 0) is 43.5 Å². The van der Waals surface area contributed by atoms with Gasteiger partial charge in [-0.15, -0.1) is 0 Å². The average molecular weight is 263 g/mol. The summed E-state index contributed by atoms with van der Waals surface area (Å²) in [4.78, 5) is 4.64. The predicted octanol–water partition coefficient (Wildman–Crippen LogP) is 4.58. The first-order valence-electron chi connectivity index (χ1n) is 6.49. The highest BCUT2D eigenvalue weighted by Gasteiger charge is 2.07. The summed E-state index contributed by atoms with van der Waals surface area (Å²) in [6.45, 7) is 7.29. The third-order valence-electron chi connectivity index (χ3n) is 3.07. The first kappa shape index (κ1) is 13.2. The number of anilines is 1. The molecule has 2 rings (SSSR count). The van der Waals surface area contributed by atoms with Gasteiger partial charge in [0.2, 0.25) is 0 Å². The molecule has 1 aromatic carbocycles. The summed E-state index contributed by atoms with van der Waals surface area (Å²) in [7, 11) is 0. The van der Waals surface area contributed by atoms with E-state index < -0.39 is 0 Å². The number of pyridine rings is 1. The van der Waals surface area contributed by atoms with Gasteiger partial charge in [0.15, 0.2) is 0 Å². The van der Waals surface area contributed by atoms with Crippen molar-refractivity contribution in [3.63, 3.8) is 0 Å². The zero-order chi connectivity index (χ0) is 13.1. The first-order chi connectivity index (χ1) is 8.65. The number of rotatable bonds is 4. The SMILES string of the molecule is CCCNc1cc(CC)nc2cc(Cl)c(C)cc12. The molecule has 0 aliphatic heterocycles. The molecule has 1 N–H and O–H groups in total. The molecule has 2 aromatic rings. The quantitative estimate of drug-likeness (QED) is 0.872. The molecule has 2 nitrogen and oxygen atoms in total. The number of benzene rings is 1. The van der Waals surface area contributed by atoms with E-state index in [4.69, 9.17) is 11.6 Å². The van der Waals surface area contributed by atoms with Gasteiger partial charge >= 0.3 is 0 Å². The number of nitrogens with one attached hydrogen (secondary N) is 1. The van der Waals surface area contributed by atoms with Crippen LogP contribution < -0.4 is 5.32 Å². The van der Waals surface area contributed by atoms with Gasteiger partial charge in [-0.2, -0.15) is 0 Å². The number of nitrogens with zero attached hydrogens (tertiary/aromatic N) is 1. The summed E-state index contributed by atoms with van der Waals surface area (Å²) in [5, 5.41) is 5.41. The predicted molar refractivity (Wildman–Crippen MR) is 79.6 cm³/mol. The Hall–Kier alpha value is -1.28. The number of halogens is 1. The van der Waals surface area contributed by atoms with Crippen LogP contribution in [0.15, 0.2) is 18.2 Å². The zero-order valence-electron chi connectivity index (χ0n) is 11.2. The summed E-state index contributed by atoms with van der Waals surface area (Å²) < 4.78 is 0. The first-order valence-corrected chi connectivity index (χ1v) is 6.87. The molecule has 1 heterocycles. The lowest BCUT2D eigenvalue weighted by molar-refractivity contribution is 0.977. The van der Waals surface area contributed by atoms with Gasteiger partial charge in [-0.25, -0.2) is 0 Å². The van der Waals surface area contributed by atoms with Crippen molar-refractivity contribution in [3.8, 4) is 0 Å². The van der Waals surface area contributed by atoms with Crippen LogP contribution in [0, 0.1) is 6.92 Å². The lowest BCUT2D eigenvalue weighted by atomic mass is 10.1. The molecule has 1 aromatic heterocycles. The Bertz CT molecular complexity index is 564. The minimum atomic E-state index is 0.782. The maximum Gasteiger partial charge on any atom is 0.0741 e. The Labute approximate surface area is 113 Å². The molecule has 0 spiro atoms. The van der Waals surface area contributed by atoms with Crippen molar-refractivity contribution in [2.24, 2.45) is 0 Å². The van der Waals surface area contributed by atoms with E-state index in [2.05, 4.69) is 36.3 Å². The summed E-state index contributed by atoms with van der Waals surface area (Å²) >= 11 is 6.18. The Balaban J connectivity index is 2.61. The molecular formula is C15H19ClN2. The number of fused-ring (bicyclic) bond motifs is 1. The minimum Gasteiger partial charge on any atom is -0.384 e. The lowest BCUT2D eigenvalue weighted by Crippen LogP contribution is -2.02. The largest absolute Gasteiger partial charge is 0.384 e. The Kier molecular flexibility index (Phi) is 4.07. The minimum absolute atomic E-state index is 0.782. The van der Waals surface area contributed by atoms with Gasteiger partial charge in [0.25, 0.3) is 0 Å². The van der Waals surface area contributed by atoms with Gasteiger partial charge in [-0.1, -0.05) is 25.4 Å². The maximum absolute atomic E-state index is 6.18. The van der Waals surface area contributed by atoms with Crippen molar-refractivity contribution in [2.75, 3.05) is 11.9 Å². The highest BCUT2D eigenvalue weighted by Crippen LogP contribution is 2.28. The lowest BCUT2D eigenvalue weighted by Gasteiger charge is -2.12. The molecule has 18 heavy (non-hydrogen) atoms. The molecule has 3 heteroatoms. The van der Waals surface area contributed by atoms with Gasteiger partial charge < -0.3 is 5.32 Å². The van der Waals surface area contributed by atoms with E-state index in [0.29, 0.717) is 0 Å². The van der Waals surface area contributed by atoms with Crippen molar-refractivity contribution in [1.29, 1.82) is 0 Å². The van der Waals surface area contributed by atoms with Gasteiger partial charge in [-0.3, -0.25) is 4.98 Å². The molecule has 96 valence electrons. The topological polar surface area (TPSA) is 24.9 Å². The van der Waals surface area contributed by atoms with E-state index in [0.717, 1.165) is 46.6 Å². The highest BCUT2D eigenvalue weighted by molar-refractivity contribution is 6.32. The summed E-state index contributed by atoms with van der Waals surface area (Å²) in [6, 6.07) is 6.22. The van der Waals surface area contributed by atoms with Gasteiger partial charge in [0.1, 0.15) is 0 Å². The molecule has 0 aliphatic carbocycles. The molecule has 0 amide bonds. The second-order valence-electron chi connectivity index (χ2n) is 4.56. The summed E-state index contributed by atoms with van der Waals surface area (Å²) in [5.74, 6) is 0. The molecule has 0 radical (unpaired) electrons. The van der Waals surface area contributed by atoms with Crippen LogP contribution in [0.25, 0.3) is 10.9 Å². The Morgan fingerprint density at radius 2 is 2.00 bits per heavy atom. The molecule has 0 saturated carbocycles. The van der Waals surface area contributed by atoms with Crippen molar-refractivity contribution in [3.05, 3.63) is 34.5 Å². The third-order valence-corrected chi connectivity index (χ3v) is 3.48. The van der Waals surface area contributed by atoms with Crippen molar-refractivity contribution < 1.29 is 0 Å². The Morgan fingerprint density at radius 3 is 2.67 bits per heavy atom. The van der Waals surface area contributed by atoms with Crippen LogP contribution in [0.3, 0.4) is 0 Å². The van der Waals surface area contributed by atoms with E-state index in [1.807, 2.05) is 13.0 Å². The molecule has 0 aliphatic rings. The van der Waals surface area contributed by atoms with Crippen molar-refractivity contribution in [2.45, 2.75) is 33.6 Å². The third kappa shape index (κ3) is 2.59. The highest BCUT2D eigenvalue weighted by atomic mass is 35.5. The molecule has 0 atom stereocenters. The van der Waals surface area contributed by atoms with Gasteiger partial charge in [0, 0.05) is 28.3 Å². The fourth-order valence-electron chi connectivity index (χ4n) is 2.00. The van der Waals surface area contributed by atoms with Crippen LogP contribution in [0.5, 0.6) is 0 Å². The molecule has 0 fully saturated rings. The number of hydrogen-bond donors (Lipinski definition) is 1. The zero-order valence-corrected chi connectivity index (χ0v) is 11.9. The molecule has 0 saturated heterocycles. The average Bonchev–Trinajstić information content (AvgIpc) is 2.37. The van der Waals surface area contributed by atoms with Crippen LogP contribution in [0.2, 0.25) is 5.02 Å². The second-order valence-corrected chi connectivity index (χ2v) is 4.97. The second kappa shape index (κ2) is 5.57. The normalized spacial score (nSPS) is 10.9. The monoisotopic (exact) mass is 262 g/mol. The van der Waals surface area contributed by atoms with E-state index in [1.165, 1.54) is 5.69 Å². The van der Waals surface area contributed by atoms with E-state index in [9.17, 15) is 0 Å². The fourth-order valence-corrected chi connectivity index (χ4v) is 2.16. The van der Waals surface area contributed by atoms with Crippen LogP contribution in [-0.2, 0) is 6.42 Å². The van der Waals surface area contributed by atoms with Crippen LogP contribution in [0.4, 0.5) is 5.69 Å². The number of aryl methyl sites for hydroxylation is 2. The van der Waals surface area contributed by atoms with Gasteiger partial charge in [0.05, 0.1) is 5.52 Å². The van der Waals surface area contributed by atoms with E-state index in [-0.39, 0.29) is 0 Å². The van der Waals surface area contributed by atoms with Crippen LogP contribution in [0.1, 0.15) is 31.5 Å². The van der Waals surface area contributed by atoms with Crippen molar-refractivity contribution >= 4 is 28.2 Å². The summed E-state index contributed by atoms with van der Waals surface area (Å²) in [6.07, 6.45) is 2.04. The number of hydrogen-bond acceptors (Lipinski definition) is 2. The molecular weight excluding hydrogens is 244 g/mol. The summed E-state index contributed by atoms with van der Waals surface area (Å²) in [5.41, 5.74) is 4.33. The van der Waals surface area contributed by atoms with E-state index >= 15 is 0 Å². The Morgan fingerprint density at radius 1 is 1.22 bits per heavy atom. The molecule has 0 unspecified atom stereocenters. The number of aromatic nitrogens is 1. The van der Waals surface area contributed by atoms with Crippen molar-refractivity contribution in [1.82, 2.24) is 4.98 Å². The fraction of sp³-hybridized carbons (Fsp3) is 0.400. The van der Waals surface area contributed by atoms with E-state index in [1.54, 1.807) is 0 Å².